The van der Waals surface area contributed by atoms with Crippen molar-refractivity contribution < 1.29 is 10.2 Å². The summed E-state index contributed by atoms with van der Waals surface area (Å²) in [7, 11) is 0. The lowest BCUT2D eigenvalue weighted by atomic mass is 9.87. The van der Waals surface area contributed by atoms with Gasteiger partial charge in [0.05, 0.1) is 18.8 Å². The Morgan fingerprint density at radius 3 is 2.54 bits per heavy atom. The van der Waals surface area contributed by atoms with Crippen molar-refractivity contribution >= 4 is 11.6 Å². The lowest BCUT2D eigenvalue weighted by molar-refractivity contribution is 0.306. The number of nitrogens with zero attached hydrogens (tertiary/aromatic N) is 1. The normalized spacial score (nSPS) is 16.9. The number of rotatable bonds is 4. The minimum atomic E-state index is 0.00331. The van der Waals surface area contributed by atoms with Crippen molar-refractivity contribution in [1.29, 1.82) is 0 Å². The van der Waals surface area contributed by atoms with Gasteiger partial charge in [0.25, 0.3) is 0 Å². The summed E-state index contributed by atoms with van der Waals surface area (Å²) in [5, 5.41) is 25.9. The molecule has 0 heterocycles. The Morgan fingerprint density at radius 1 is 1.21 bits per heavy atom. The number of aliphatic hydroxyl groups excluding tert-OH is 1. The zero-order valence-electron chi connectivity index (χ0n) is 15.1. The number of aliphatic imine (C=N–C) groups is 1. The largest absolute Gasteiger partial charge is 0.506 e. The van der Waals surface area contributed by atoms with Crippen molar-refractivity contribution in [1.82, 2.24) is 5.32 Å². The fourth-order valence-corrected chi connectivity index (χ4v) is 2.95. The van der Waals surface area contributed by atoms with E-state index in [2.05, 4.69) is 36.4 Å². The van der Waals surface area contributed by atoms with Crippen LogP contribution in [0.15, 0.2) is 23.2 Å². The molecule has 5 heteroatoms. The van der Waals surface area contributed by atoms with E-state index in [9.17, 15) is 5.11 Å². The van der Waals surface area contributed by atoms with Crippen LogP contribution in [0.5, 0.6) is 5.75 Å². The number of aromatic hydroxyl groups is 1. The molecule has 4 N–H and O–H groups in total. The van der Waals surface area contributed by atoms with Gasteiger partial charge in [0.2, 0.25) is 0 Å². The topological polar surface area (TPSA) is 76.9 Å². The summed E-state index contributed by atoms with van der Waals surface area (Å²) in [4.78, 5) is 4.40. The highest BCUT2D eigenvalue weighted by molar-refractivity contribution is 5.95. The van der Waals surface area contributed by atoms with Crippen LogP contribution in [0.3, 0.4) is 0 Å². The molecule has 0 radical (unpaired) electrons. The molecule has 1 aliphatic rings. The zero-order valence-corrected chi connectivity index (χ0v) is 15.1. The van der Waals surface area contributed by atoms with Crippen LogP contribution in [-0.4, -0.2) is 35.4 Å². The number of phenolic OH excluding ortho intramolecular Hbond substituents is 1. The molecular formula is C19H31N3O2. The fourth-order valence-electron chi connectivity index (χ4n) is 2.95. The standard InChI is InChI=1S/C19H31N3O2/c1-19(2,3)14-9-10-17(24)16(13-14)22-18(20-11-12-23)21-15-7-5-4-6-8-15/h9-10,13,15,23-24H,4-8,11-12H2,1-3H3,(H2,20,21,22). The molecule has 0 atom stereocenters. The zero-order chi connectivity index (χ0) is 17.6. The second-order valence-electron chi connectivity index (χ2n) is 7.54. The highest BCUT2D eigenvalue weighted by atomic mass is 16.3. The number of guanidine groups is 1. The third-order valence-corrected chi connectivity index (χ3v) is 4.43. The second kappa shape index (κ2) is 8.38. The van der Waals surface area contributed by atoms with Crippen molar-refractivity contribution in [3.63, 3.8) is 0 Å². The van der Waals surface area contributed by atoms with Gasteiger partial charge < -0.3 is 20.8 Å². The van der Waals surface area contributed by atoms with Crippen LogP contribution in [0, 0.1) is 0 Å². The van der Waals surface area contributed by atoms with Gasteiger partial charge in [-0.3, -0.25) is 4.99 Å². The summed E-state index contributed by atoms with van der Waals surface area (Å²) in [6, 6.07) is 6.02. The van der Waals surface area contributed by atoms with Crippen molar-refractivity contribution in [2.24, 2.45) is 4.99 Å². The quantitative estimate of drug-likeness (QED) is 0.387. The van der Waals surface area contributed by atoms with Gasteiger partial charge in [0.15, 0.2) is 5.96 Å². The smallest absolute Gasteiger partial charge is 0.196 e. The molecule has 24 heavy (non-hydrogen) atoms. The van der Waals surface area contributed by atoms with Gasteiger partial charge in [-0.2, -0.15) is 0 Å². The summed E-state index contributed by atoms with van der Waals surface area (Å²) >= 11 is 0. The monoisotopic (exact) mass is 333 g/mol. The van der Waals surface area contributed by atoms with E-state index in [1.807, 2.05) is 12.1 Å². The number of aliphatic hydroxyl groups is 1. The van der Waals surface area contributed by atoms with Gasteiger partial charge >= 0.3 is 0 Å². The number of anilines is 1. The van der Waals surface area contributed by atoms with Gasteiger partial charge in [-0.05, 0) is 36.0 Å². The molecule has 1 aromatic rings. The number of phenols is 1. The van der Waals surface area contributed by atoms with E-state index in [1.165, 1.54) is 19.3 Å². The maximum atomic E-state index is 10.2. The highest BCUT2D eigenvalue weighted by Crippen LogP contribution is 2.30. The average Bonchev–Trinajstić information content (AvgIpc) is 2.54. The molecule has 1 aliphatic carbocycles. The molecule has 5 nitrogen and oxygen atoms in total. The Morgan fingerprint density at radius 2 is 1.92 bits per heavy atom. The Balaban J connectivity index is 2.16. The first-order valence-electron chi connectivity index (χ1n) is 8.92. The molecule has 0 aromatic heterocycles. The summed E-state index contributed by atoms with van der Waals surface area (Å²) in [5.41, 5.74) is 1.79. The predicted molar refractivity (Wildman–Crippen MR) is 99.8 cm³/mol. The molecule has 0 amide bonds. The SMILES string of the molecule is CC(C)(C)c1ccc(O)c(NC(=NCCO)NC2CCCCC2)c1. The second-order valence-corrected chi connectivity index (χ2v) is 7.54. The molecule has 0 aliphatic heterocycles. The van der Waals surface area contributed by atoms with E-state index >= 15 is 0 Å². The number of benzene rings is 1. The first kappa shape index (κ1) is 18.6. The van der Waals surface area contributed by atoms with E-state index in [0.29, 0.717) is 24.2 Å². The molecule has 1 fully saturated rings. The molecule has 1 saturated carbocycles. The lowest BCUT2D eigenvalue weighted by Gasteiger charge is -2.26. The van der Waals surface area contributed by atoms with Crippen molar-refractivity contribution in [3.05, 3.63) is 23.8 Å². The summed E-state index contributed by atoms with van der Waals surface area (Å²) in [5.74, 6) is 0.822. The summed E-state index contributed by atoms with van der Waals surface area (Å²) < 4.78 is 0. The van der Waals surface area contributed by atoms with Crippen molar-refractivity contribution in [2.45, 2.75) is 64.3 Å². The molecule has 0 saturated heterocycles. The Kier molecular flexibility index (Phi) is 6.49. The number of nitrogens with one attached hydrogen (secondary N) is 2. The van der Waals surface area contributed by atoms with E-state index < -0.39 is 0 Å². The Bertz CT molecular complexity index is 558. The lowest BCUT2D eigenvalue weighted by Crippen LogP contribution is -2.40. The van der Waals surface area contributed by atoms with Gasteiger partial charge in [0, 0.05) is 6.04 Å². The minimum Gasteiger partial charge on any atom is -0.506 e. The van der Waals surface area contributed by atoms with Crippen molar-refractivity contribution in [3.8, 4) is 5.75 Å². The Labute approximate surface area is 145 Å². The molecule has 1 aromatic carbocycles. The van der Waals surface area contributed by atoms with E-state index in [0.717, 1.165) is 18.4 Å². The minimum absolute atomic E-state index is 0.00331. The molecule has 0 bridgehead atoms. The predicted octanol–water partition coefficient (Wildman–Crippen LogP) is 3.37. The van der Waals surface area contributed by atoms with E-state index in [1.54, 1.807) is 6.07 Å². The van der Waals surface area contributed by atoms with Crippen LogP contribution in [-0.2, 0) is 5.41 Å². The third-order valence-electron chi connectivity index (χ3n) is 4.43. The fraction of sp³-hybridized carbons (Fsp3) is 0.632. The van der Waals surface area contributed by atoms with E-state index in [4.69, 9.17) is 5.11 Å². The highest BCUT2D eigenvalue weighted by Gasteiger charge is 2.18. The van der Waals surface area contributed by atoms with Crippen LogP contribution >= 0.6 is 0 Å². The van der Waals surface area contributed by atoms with Gasteiger partial charge in [-0.25, -0.2) is 0 Å². The number of hydrogen-bond acceptors (Lipinski definition) is 3. The molecule has 2 rings (SSSR count). The molecule has 0 unspecified atom stereocenters. The molecule has 134 valence electrons. The van der Waals surface area contributed by atoms with Crippen LogP contribution in [0.1, 0.15) is 58.4 Å². The van der Waals surface area contributed by atoms with E-state index in [-0.39, 0.29) is 17.8 Å². The third kappa shape index (κ3) is 5.41. The van der Waals surface area contributed by atoms with Gasteiger partial charge in [-0.1, -0.05) is 46.1 Å². The molecule has 0 spiro atoms. The number of hydrogen-bond donors (Lipinski definition) is 4. The first-order valence-corrected chi connectivity index (χ1v) is 8.92. The van der Waals surface area contributed by atoms with Crippen LogP contribution in [0.25, 0.3) is 0 Å². The molecular weight excluding hydrogens is 302 g/mol. The average molecular weight is 333 g/mol. The van der Waals surface area contributed by atoms with Gasteiger partial charge in [-0.15, -0.1) is 0 Å². The maximum absolute atomic E-state index is 10.2. The van der Waals surface area contributed by atoms with Crippen LogP contribution in [0.4, 0.5) is 5.69 Å². The summed E-state index contributed by atoms with van der Waals surface area (Å²) in [6.07, 6.45) is 6.02. The Hall–Kier alpha value is -1.75. The van der Waals surface area contributed by atoms with Crippen molar-refractivity contribution in [2.75, 3.05) is 18.5 Å². The maximum Gasteiger partial charge on any atom is 0.196 e. The summed E-state index contributed by atoms with van der Waals surface area (Å²) in [6.45, 7) is 6.77. The first-order chi connectivity index (χ1) is 11.4. The van der Waals surface area contributed by atoms with Crippen LogP contribution in [0.2, 0.25) is 0 Å². The van der Waals surface area contributed by atoms with Crippen LogP contribution < -0.4 is 10.6 Å². The van der Waals surface area contributed by atoms with Gasteiger partial charge in [0.1, 0.15) is 5.75 Å².